The molecule has 6 nitrogen and oxygen atoms in total. The van der Waals surface area contributed by atoms with Gasteiger partial charge in [0.05, 0.1) is 12.8 Å². The highest BCUT2D eigenvalue weighted by Crippen LogP contribution is 2.30. The topological polar surface area (TPSA) is 56.6 Å². The van der Waals surface area contributed by atoms with Crippen molar-refractivity contribution in [2.24, 2.45) is 0 Å². The first-order valence-corrected chi connectivity index (χ1v) is 8.45. The van der Waals surface area contributed by atoms with E-state index in [1.54, 1.807) is 42.2 Å². The molecule has 28 heavy (non-hydrogen) atoms. The summed E-state index contributed by atoms with van der Waals surface area (Å²) in [4.78, 5) is 14.2. The van der Waals surface area contributed by atoms with Gasteiger partial charge in [-0.05, 0) is 48.0 Å². The van der Waals surface area contributed by atoms with Crippen molar-refractivity contribution in [1.82, 2.24) is 14.7 Å². The first kappa shape index (κ1) is 19.3. The van der Waals surface area contributed by atoms with Gasteiger partial charge >= 0.3 is 6.61 Å². The van der Waals surface area contributed by atoms with Crippen molar-refractivity contribution in [1.29, 1.82) is 0 Å². The Kier molecular flexibility index (Phi) is 5.88. The normalized spacial score (nSPS) is 10.8. The van der Waals surface area contributed by atoms with Crippen LogP contribution in [0.1, 0.15) is 15.9 Å². The molecule has 8 heteroatoms. The van der Waals surface area contributed by atoms with E-state index in [4.69, 9.17) is 4.74 Å². The molecule has 0 radical (unpaired) electrons. The number of hydrogen-bond acceptors (Lipinski definition) is 4. The van der Waals surface area contributed by atoms with Crippen molar-refractivity contribution in [3.8, 4) is 17.2 Å². The van der Waals surface area contributed by atoms with Gasteiger partial charge in [0.1, 0.15) is 0 Å². The number of ether oxygens (including phenoxy) is 2. The molecule has 0 atom stereocenters. The highest BCUT2D eigenvalue weighted by atomic mass is 19.3. The van der Waals surface area contributed by atoms with Crippen molar-refractivity contribution >= 4 is 5.91 Å². The van der Waals surface area contributed by atoms with E-state index < -0.39 is 6.61 Å². The molecule has 2 aromatic carbocycles. The van der Waals surface area contributed by atoms with E-state index in [0.29, 0.717) is 5.56 Å². The molecule has 0 unspecified atom stereocenters. The third-order valence-corrected chi connectivity index (χ3v) is 4.09. The van der Waals surface area contributed by atoms with Crippen LogP contribution in [0.5, 0.6) is 11.5 Å². The van der Waals surface area contributed by atoms with Crippen LogP contribution in [0.4, 0.5) is 8.78 Å². The van der Waals surface area contributed by atoms with Gasteiger partial charge in [0.25, 0.3) is 5.91 Å². The van der Waals surface area contributed by atoms with Gasteiger partial charge in [0.2, 0.25) is 0 Å². The summed E-state index contributed by atoms with van der Waals surface area (Å²) in [7, 11) is 3.03. The molecule has 146 valence electrons. The van der Waals surface area contributed by atoms with E-state index in [1.165, 1.54) is 18.1 Å². The molecule has 0 aliphatic heterocycles. The quantitative estimate of drug-likeness (QED) is 0.620. The second kappa shape index (κ2) is 8.51. The van der Waals surface area contributed by atoms with Crippen molar-refractivity contribution < 1.29 is 23.0 Å². The largest absolute Gasteiger partial charge is 0.493 e. The second-order valence-corrected chi connectivity index (χ2v) is 6.02. The van der Waals surface area contributed by atoms with Crippen LogP contribution >= 0.6 is 0 Å². The standard InChI is InChI=1S/C20H19F2N3O3/c1-24(13-14-4-9-17(28-20(21)22)18(12-14)27-2)19(26)15-5-7-16(8-6-15)25-11-3-10-23-25/h3-12,20H,13H2,1-2H3. The molecule has 0 N–H and O–H groups in total. The third kappa shape index (κ3) is 4.46. The lowest BCUT2D eigenvalue weighted by Gasteiger charge is -2.19. The number of carbonyl (C=O) groups is 1. The van der Waals surface area contributed by atoms with Crippen molar-refractivity contribution in [2.45, 2.75) is 13.2 Å². The number of methoxy groups -OCH3 is 1. The van der Waals surface area contributed by atoms with Gasteiger partial charge in [-0.2, -0.15) is 13.9 Å². The minimum atomic E-state index is -2.94. The number of aromatic nitrogens is 2. The smallest absolute Gasteiger partial charge is 0.387 e. The molecule has 0 aliphatic rings. The van der Waals surface area contributed by atoms with Gasteiger partial charge in [0, 0.05) is 31.5 Å². The van der Waals surface area contributed by atoms with Gasteiger partial charge in [-0.15, -0.1) is 0 Å². The summed E-state index contributed by atoms with van der Waals surface area (Å²) < 4.78 is 36.0. The van der Waals surface area contributed by atoms with Crippen molar-refractivity contribution in [3.05, 3.63) is 72.1 Å². The molecule has 1 heterocycles. The average molecular weight is 387 g/mol. The van der Waals surface area contributed by atoms with E-state index in [1.807, 2.05) is 24.4 Å². The zero-order valence-electron chi connectivity index (χ0n) is 15.4. The lowest BCUT2D eigenvalue weighted by molar-refractivity contribution is -0.0512. The number of hydrogen-bond donors (Lipinski definition) is 0. The zero-order valence-corrected chi connectivity index (χ0v) is 15.4. The predicted octanol–water partition coefficient (Wildman–Crippen LogP) is 3.75. The van der Waals surface area contributed by atoms with Crippen molar-refractivity contribution in [3.63, 3.8) is 0 Å². The molecular formula is C20H19F2N3O3. The van der Waals surface area contributed by atoms with Crippen molar-refractivity contribution in [2.75, 3.05) is 14.2 Å². The van der Waals surface area contributed by atoms with Crippen LogP contribution in [-0.4, -0.2) is 41.4 Å². The van der Waals surface area contributed by atoms with Crippen LogP contribution in [0.15, 0.2) is 60.9 Å². The molecule has 0 saturated carbocycles. The number of nitrogens with zero attached hydrogens (tertiary/aromatic N) is 3. The molecule has 1 aromatic heterocycles. The summed E-state index contributed by atoms with van der Waals surface area (Å²) in [5.74, 6) is -0.0365. The average Bonchev–Trinajstić information content (AvgIpc) is 3.23. The Morgan fingerprint density at radius 3 is 2.54 bits per heavy atom. The number of halogens is 2. The molecule has 1 amide bonds. The minimum absolute atomic E-state index is 0.0514. The lowest BCUT2D eigenvalue weighted by atomic mass is 10.1. The Morgan fingerprint density at radius 1 is 1.18 bits per heavy atom. The molecule has 0 aliphatic carbocycles. The summed E-state index contributed by atoms with van der Waals surface area (Å²) in [5, 5.41) is 4.15. The predicted molar refractivity (Wildman–Crippen MR) is 99.0 cm³/mol. The Hall–Kier alpha value is -3.42. The first-order valence-electron chi connectivity index (χ1n) is 8.45. The maximum absolute atomic E-state index is 12.7. The summed E-state index contributed by atoms with van der Waals surface area (Å²) in [6.07, 6.45) is 3.50. The van der Waals surface area contributed by atoms with E-state index >= 15 is 0 Å². The van der Waals surface area contributed by atoms with E-state index in [0.717, 1.165) is 11.3 Å². The van der Waals surface area contributed by atoms with Crippen LogP contribution < -0.4 is 9.47 Å². The molecule has 0 spiro atoms. The maximum Gasteiger partial charge on any atom is 0.387 e. The Morgan fingerprint density at radius 2 is 1.93 bits per heavy atom. The summed E-state index contributed by atoms with van der Waals surface area (Å²) in [6.45, 7) is -2.65. The van der Waals surface area contributed by atoms with Gasteiger partial charge in [-0.3, -0.25) is 4.79 Å². The lowest BCUT2D eigenvalue weighted by Crippen LogP contribution is -2.26. The van der Waals surface area contributed by atoms with Crippen LogP contribution in [0.25, 0.3) is 5.69 Å². The number of carbonyl (C=O) groups excluding carboxylic acids is 1. The maximum atomic E-state index is 12.7. The van der Waals surface area contributed by atoms with E-state index in [2.05, 4.69) is 9.84 Å². The number of amides is 1. The summed E-state index contributed by atoms with van der Waals surface area (Å²) in [5.41, 5.74) is 2.11. The molecule has 0 fully saturated rings. The minimum Gasteiger partial charge on any atom is -0.493 e. The van der Waals surface area contributed by atoms with Gasteiger partial charge in [-0.1, -0.05) is 6.07 Å². The summed E-state index contributed by atoms with van der Waals surface area (Å²) in [6, 6.07) is 13.5. The molecule has 3 rings (SSSR count). The Labute approximate surface area is 160 Å². The van der Waals surface area contributed by atoms with Gasteiger partial charge < -0.3 is 14.4 Å². The van der Waals surface area contributed by atoms with Gasteiger partial charge in [-0.25, -0.2) is 4.68 Å². The zero-order chi connectivity index (χ0) is 20.1. The molecule has 3 aromatic rings. The number of rotatable bonds is 7. The highest BCUT2D eigenvalue weighted by molar-refractivity contribution is 5.94. The SMILES string of the molecule is COc1cc(CN(C)C(=O)c2ccc(-n3cccn3)cc2)ccc1OC(F)F. The van der Waals surface area contributed by atoms with E-state index in [9.17, 15) is 13.6 Å². The van der Waals surface area contributed by atoms with Crippen LogP contribution in [-0.2, 0) is 6.54 Å². The fourth-order valence-electron chi connectivity index (χ4n) is 2.75. The fraction of sp³-hybridized carbons (Fsp3) is 0.200. The summed E-state index contributed by atoms with van der Waals surface area (Å²) >= 11 is 0. The van der Waals surface area contributed by atoms with Crippen LogP contribution in [0.2, 0.25) is 0 Å². The first-order chi connectivity index (χ1) is 13.5. The molecule has 0 saturated heterocycles. The van der Waals surface area contributed by atoms with Gasteiger partial charge in [0.15, 0.2) is 11.5 Å². The Bertz CT molecular complexity index is 928. The number of alkyl halides is 2. The number of benzene rings is 2. The molecular weight excluding hydrogens is 368 g/mol. The fourth-order valence-corrected chi connectivity index (χ4v) is 2.75. The molecule has 0 bridgehead atoms. The van der Waals surface area contributed by atoms with E-state index in [-0.39, 0.29) is 24.0 Å². The second-order valence-electron chi connectivity index (χ2n) is 6.02. The monoisotopic (exact) mass is 387 g/mol. The van der Waals surface area contributed by atoms with Crippen LogP contribution in [0.3, 0.4) is 0 Å². The van der Waals surface area contributed by atoms with Crippen LogP contribution in [0, 0.1) is 0 Å². The third-order valence-electron chi connectivity index (χ3n) is 4.09. The highest BCUT2D eigenvalue weighted by Gasteiger charge is 2.15. The Balaban J connectivity index is 1.70.